The second-order valence-corrected chi connectivity index (χ2v) is 8.32. The number of carbonyl (C=O) groups excluding carboxylic acids is 1. The number of hydrogen-bond acceptors (Lipinski definition) is 5. The smallest absolute Gasteiger partial charge is 0.323 e. The van der Waals surface area contributed by atoms with Gasteiger partial charge in [-0.05, 0) is 32.4 Å². The summed E-state index contributed by atoms with van der Waals surface area (Å²) in [7, 11) is -3.57. The van der Waals surface area contributed by atoms with Crippen LogP contribution in [0.25, 0.3) is 0 Å². The lowest BCUT2D eigenvalue weighted by atomic mass is 10.2. The summed E-state index contributed by atoms with van der Waals surface area (Å²) < 4.78 is 32.1. The van der Waals surface area contributed by atoms with Crippen molar-refractivity contribution in [2.75, 3.05) is 31.5 Å². The van der Waals surface area contributed by atoms with Gasteiger partial charge in [0.25, 0.3) is 0 Å². The molecule has 9 heteroatoms. The van der Waals surface area contributed by atoms with Gasteiger partial charge in [0.15, 0.2) is 5.82 Å². The molecule has 0 unspecified atom stereocenters. The lowest BCUT2D eigenvalue weighted by Crippen LogP contribution is -2.51. The zero-order chi connectivity index (χ0) is 18.9. The van der Waals surface area contributed by atoms with Crippen LogP contribution in [0.2, 0.25) is 0 Å². The molecular weight excluding hydrogens is 356 g/mol. The molecule has 1 aliphatic rings. The highest BCUT2D eigenvalue weighted by Gasteiger charge is 2.31. The largest absolute Gasteiger partial charge is 0.360 e. The first-order valence-electron chi connectivity index (χ1n) is 8.34. The molecule has 2 aromatic rings. The van der Waals surface area contributed by atoms with Crippen LogP contribution in [0.1, 0.15) is 16.9 Å². The van der Waals surface area contributed by atoms with E-state index in [2.05, 4.69) is 10.5 Å². The van der Waals surface area contributed by atoms with Crippen LogP contribution in [0.5, 0.6) is 0 Å². The number of benzene rings is 1. The Balaban J connectivity index is 1.65. The Bertz CT molecular complexity index is 915. The summed E-state index contributed by atoms with van der Waals surface area (Å²) in [6.07, 6.45) is 0. The Morgan fingerprint density at radius 2 is 1.81 bits per heavy atom. The number of hydrogen-bond donors (Lipinski definition) is 1. The molecule has 26 heavy (non-hydrogen) atoms. The van der Waals surface area contributed by atoms with E-state index in [0.717, 1.165) is 11.1 Å². The lowest BCUT2D eigenvalue weighted by molar-refractivity contribution is 0.184. The van der Waals surface area contributed by atoms with Crippen molar-refractivity contribution < 1.29 is 17.7 Å². The third-order valence-corrected chi connectivity index (χ3v) is 6.40. The van der Waals surface area contributed by atoms with Crippen molar-refractivity contribution in [3.63, 3.8) is 0 Å². The van der Waals surface area contributed by atoms with Crippen molar-refractivity contribution in [3.8, 4) is 0 Å². The Labute approximate surface area is 152 Å². The van der Waals surface area contributed by atoms with Gasteiger partial charge in [0, 0.05) is 32.2 Å². The fourth-order valence-corrected chi connectivity index (χ4v) is 4.60. The molecule has 3 rings (SSSR count). The van der Waals surface area contributed by atoms with E-state index in [1.807, 2.05) is 13.0 Å². The SMILES string of the molecule is Cc1ccc(S(=O)(=O)N2CCN(C(=O)Nc3cc(C)on3)CC2)c(C)c1. The normalized spacial score (nSPS) is 15.9. The number of amides is 2. The minimum atomic E-state index is -3.57. The molecule has 0 aliphatic carbocycles. The summed E-state index contributed by atoms with van der Waals surface area (Å²) in [5.41, 5.74) is 1.75. The number of carbonyl (C=O) groups is 1. The average Bonchev–Trinajstić information content (AvgIpc) is 2.99. The highest BCUT2D eigenvalue weighted by Crippen LogP contribution is 2.22. The minimum Gasteiger partial charge on any atom is -0.360 e. The van der Waals surface area contributed by atoms with Gasteiger partial charge < -0.3 is 9.42 Å². The first-order valence-corrected chi connectivity index (χ1v) is 9.78. The van der Waals surface area contributed by atoms with Gasteiger partial charge >= 0.3 is 6.03 Å². The number of anilines is 1. The van der Waals surface area contributed by atoms with Crippen molar-refractivity contribution >= 4 is 21.9 Å². The quantitative estimate of drug-likeness (QED) is 0.883. The summed E-state index contributed by atoms with van der Waals surface area (Å²) in [6, 6.07) is 6.60. The molecule has 0 spiro atoms. The highest BCUT2D eigenvalue weighted by atomic mass is 32.2. The summed E-state index contributed by atoms with van der Waals surface area (Å²) in [5, 5.41) is 6.37. The summed E-state index contributed by atoms with van der Waals surface area (Å²) >= 11 is 0. The zero-order valence-corrected chi connectivity index (χ0v) is 15.8. The van der Waals surface area contributed by atoms with Crippen LogP contribution in [0.15, 0.2) is 33.7 Å². The van der Waals surface area contributed by atoms with Crippen LogP contribution in [-0.2, 0) is 10.0 Å². The second-order valence-electron chi connectivity index (χ2n) is 6.41. The molecule has 1 N–H and O–H groups in total. The van der Waals surface area contributed by atoms with Crippen LogP contribution in [0.3, 0.4) is 0 Å². The van der Waals surface area contributed by atoms with E-state index in [-0.39, 0.29) is 19.1 Å². The fourth-order valence-electron chi connectivity index (χ4n) is 2.97. The molecule has 8 nitrogen and oxygen atoms in total. The van der Waals surface area contributed by atoms with E-state index in [1.165, 1.54) is 4.31 Å². The van der Waals surface area contributed by atoms with Gasteiger partial charge in [-0.15, -0.1) is 0 Å². The number of aryl methyl sites for hydroxylation is 3. The number of nitrogens with zero attached hydrogens (tertiary/aromatic N) is 3. The molecule has 1 fully saturated rings. The van der Waals surface area contributed by atoms with Crippen molar-refractivity contribution in [1.29, 1.82) is 0 Å². The van der Waals surface area contributed by atoms with Crippen molar-refractivity contribution in [2.24, 2.45) is 0 Å². The van der Waals surface area contributed by atoms with E-state index < -0.39 is 10.0 Å². The van der Waals surface area contributed by atoms with E-state index in [4.69, 9.17) is 4.52 Å². The second kappa shape index (κ2) is 7.08. The molecule has 2 heterocycles. The van der Waals surface area contributed by atoms with Crippen molar-refractivity contribution in [1.82, 2.24) is 14.4 Å². The maximum atomic E-state index is 12.9. The number of aromatic nitrogens is 1. The van der Waals surface area contributed by atoms with E-state index in [1.54, 1.807) is 36.9 Å². The predicted octanol–water partition coefficient (Wildman–Crippen LogP) is 2.14. The van der Waals surface area contributed by atoms with Gasteiger partial charge in [-0.1, -0.05) is 22.9 Å². The summed E-state index contributed by atoms with van der Waals surface area (Å²) in [4.78, 5) is 14.1. The molecule has 0 radical (unpaired) electrons. The molecule has 2 amide bonds. The Morgan fingerprint density at radius 1 is 1.12 bits per heavy atom. The van der Waals surface area contributed by atoms with Gasteiger partial charge in [-0.25, -0.2) is 13.2 Å². The molecule has 1 saturated heterocycles. The Morgan fingerprint density at radius 3 is 2.38 bits per heavy atom. The topological polar surface area (TPSA) is 95.8 Å². The van der Waals surface area contributed by atoms with Gasteiger partial charge in [0.1, 0.15) is 5.76 Å². The Kier molecular flexibility index (Phi) is 5.01. The third kappa shape index (κ3) is 3.73. The molecule has 0 bridgehead atoms. The molecule has 1 aromatic carbocycles. The zero-order valence-electron chi connectivity index (χ0n) is 15.0. The van der Waals surface area contributed by atoms with Gasteiger partial charge in [0.05, 0.1) is 4.90 Å². The molecule has 1 aliphatic heterocycles. The number of rotatable bonds is 3. The first kappa shape index (κ1) is 18.4. The molecule has 140 valence electrons. The fraction of sp³-hybridized carbons (Fsp3) is 0.412. The maximum Gasteiger partial charge on any atom is 0.323 e. The van der Waals surface area contributed by atoms with Crippen LogP contribution in [-0.4, -0.2) is 55.0 Å². The molecular formula is C17H22N4O4S. The molecule has 0 saturated carbocycles. The van der Waals surface area contributed by atoms with Gasteiger partial charge in [-0.3, -0.25) is 5.32 Å². The maximum absolute atomic E-state index is 12.9. The van der Waals surface area contributed by atoms with Crippen molar-refractivity contribution in [2.45, 2.75) is 25.7 Å². The highest BCUT2D eigenvalue weighted by molar-refractivity contribution is 7.89. The van der Waals surface area contributed by atoms with E-state index >= 15 is 0 Å². The summed E-state index contributed by atoms with van der Waals surface area (Å²) in [5.74, 6) is 0.947. The van der Waals surface area contributed by atoms with Gasteiger partial charge in [0.2, 0.25) is 10.0 Å². The lowest BCUT2D eigenvalue weighted by Gasteiger charge is -2.34. The van der Waals surface area contributed by atoms with Crippen LogP contribution < -0.4 is 5.32 Å². The third-order valence-electron chi connectivity index (χ3n) is 4.34. The van der Waals surface area contributed by atoms with Crippen LogP contribution in [0, 0.1) is 20.8 Å². The summed E-state index contributed by atoms with van der Waals surface area (Å²) in [6.45, 7) is 6.58. The van der Waals surface area contributed by atoms with Crippen LogP contribution in [0.4, 0.5) is 10.6 Å². The van der Waals surface area contributed by atoms with E-state index in [9.17, 15) is 13.2 Å². The minimum absolute atomic E-state index is 0.251. The standard InChI is InChI=1S/C17H22N4O4S/c1-12-4-5-15(13(2)10-12)26(23,24)21-8-6-20(7-9-21)17(22)18-16-11-14(3)25-19-16/h4-5,10-11H,6-9H2,1-3H3,(H,18,19,22). The average molecular weight is 378 g/mol. The monoisotopic (exact) mass is 378 g/mol. The number of nitrogens with one attached hydrogen (secondary N) is 1. The van der Waals surface area contributed by atoms with Crippen molar-refractivity contribution in [3.05, 3.63) is 41.2 Å². The Hall–Kier alpha value is -2.39. The predicted molar refractivity (Wildman–Crippen MR) is 96.5 cm³/mol. The molecule has 1 aromatic heterocycles. The first-order chi connectivity index (χ1) is 12.3. The number of piperazine rings is 1. The number of sulfonamides is 1. The molecule has 0 atom stereocenters. The van der Waals surface area contributed by atoms with Gasteiger partial charge in [-0.2, -0.15) is 4.31 Å². The number of urea groups is 1. The van der Waals surface area contributed by atoms with E-state index in [0.29, 0.717) is 29.6 Å². The van der Waals surface area contributed by atoms with Crippen LogP contribution >= 0.6 is 0 Å².